The van der Waals surface area contributed by atoms with Gasteiger partial charge in [0.1, 0.15) is 0 Å². The van der Waals surface area contributed by atoms with Gasteiger partial charge in [-0.2, -0.15) is 0 Å². The molecule has 0 N–H and O–H groups in total. The van der Waals surface area contributed by atoms with Crippen molar-refractivity contribution in [2.75, 3.05) is 0 Å². The van der Waals surface area contributed by atoms with Crippen molar-refractivity contribution in [1.29, 1.82) is 0 Å². The lowest BCUT2D eigenvalue weighted by Gasteiger charge is -2.39. The highest BCUT2D eigenvalue weighted by Gasteiger charge is 2.24. The smallest absolute Gasteiger partial charge is 0.0239 e. The molecule has 1 aliphatic heterocycles. The van der Waals surface area contributed by atoms with E-state index < -0.39 is 0 Å². The number of benzene rings is 1. The van der Waals surface area contributed by atoms with Gasteiger partial charge in [0.15, 0.2) is 0 Å². The van der Waals surface area contributed by atoms with Gasteiger partial charge < -0.3 is 0 Å². The van der Waals surface area contributed by atoms with Crippen molar-refractivity contribution in [3.63, 3.8) is 0 Å². The van der Waals surface area contributed by atoms with Crippen LogP contribution in [0.25, 0.3) is 0 Å². The van der Waals surface area contributed by atoms with Gasteiger partial charge in [0.2, 0.25) is 0 Å². The van der Waals surface area contributed by atoms with Crippen molar-refractivity contribution < 1.29 is 0 Å². The maximum Gasteiger partial charge on any atom is 0.0239 e. The van der Waals surface area contributed by atoms with Gasteiger partial charge in [-0.15, -0.1) is 0 Å². The number of nitrogens with zero attached hydrogens (tertiary/aromatic N) is 1. The molecular weight excluding hydrogens is 262 g/mol. The molecular formula is C14H20BrN. The lowest BCUT2D eigenvalue weighted by molar-refractivity contribution is 0.0953. The molecule has 0 aromatic heterocycles. The van der Waals surface area contributed by atoms with Crippen LogP contribution in [0.15, 0.2) is 28.7 Å². The van der Waals surface area contributed by atoms with Crippen LogP contribution < -0.4 is 0 Å². The molecule has 0 bridgehead atoms. The van der Waals surface area contributed by atoms with Crippen molar-refractivity contribution in [3.8, 4) is 0 Å². The van der Waals surface area contributed by atoms with Crippen LogP contribution >= 0.6 is 15.9 Å². The van der Waals surface area contributed by atoms with E-state index in [1.165, 1.54) is 24.8 Å². The predicted molar refractivity (Wildman–Crippen MR) is 72.5 cm³/mol. The number of hydrogen-bond donors (Lipinski definition) is 0. The van der Waals surface area contributed by atoms with Crippen molar-refractivity contribution in [2.45, 2.75) is 51.7 Å². The Hall–Kier alpha value is -0.340. The first-order valence-electron chi connectivity index (χ1n) is 6.17. The maximum absolute atomic E-state index is 3.48. The molecule has 0 spiro atoms. The van der Waals surface area contributed by atoms with E-state index in [2.05, 4.69) is 58.9 Å². The van der Waals surface area contributed by atoms with Crippen LogP contribution in [0.1, 0.15) is 38.7 Å². The molecule has 1 fully saturated rings. The number of hydrogen-bond acceptors (Lipinski definition) is 1. The molecule has 1 aromatic carbocycles. The van der Waals surface area contributed by atoms with Crippen molar-refractivity contribution >= 4 is 15.9 Å². The van der Waals surface area contributed by atoms with Crippen LogP contribution in [-0.2, 0) is 6.54 Å². The van der Waals surface area contributed by atoms with Gasteiger partial charge in [-0.25, -0.2) is 0 Å². The lowest BCUT2D eigenvalue weighted by Crippen LogP contribution is -2.42. The number of likely N-dealkylation sites (tertiary alicyclic amines) is 1. The van der Waals surface area contributed by atoms with E-state index in [-0.39, 0.29) is 0 Å². The Bertz CT molecular complexity index is 323. The monoisotopic (exact) mass is 281 g/mol. The fourth-order valence-corrected chi connectivity index (χ4v) is 2.85. The number of rotatable bonds is 2. The summed E-state index contributed by atoms with van der Waals surface area (Å²) in [4.78, 5) is 2.63. The topological polar surface area (TPSA) is 3.24 Å². The zero-order valence-corrected chi connectivity index (χ0v) is 11.7. The Labute approximate surface area is 107 Å². The van der Waals surface area contributed by atoms with Crippen LogP contribution in [0.5, 0.6) is 0 Å². The van der Waals surface area contributed by atoms with E-state index in [1.807, 2.05) is 0 Å². The Kier molecular flexibility index (Phi) is 4.04. The van der Waals surface area contributed by atoms with E-state index in [9.17, 15) is 0 Å². The highest BCUT2D eigenvalue weighted by Crippen LogP contribution is 2.24. The highest BCUT2D eigenvalue weighted by molar-refractivity contribution is 9.10. The van der Waals surface area contributed by atoms with Gasteiger partial charge in [0.25, 0.3) is 0 Å². The molecule has 88 valence electrons. The Morgan fingerprint density at radius 1 is 1.12 bits per heavy atom. The fraction of sp³-hybridized carbons (Fsp3) is 0.571. The largest absolute Gasteiger partial charge is 0.294 e. The second kappa shape index (κ2) is 5.33. The minimum absolute atomic E-state index is 0.729. The average Bonchev–Trinajstić information content (AvgIpc) is 2.26. The summed E-state index contributed by atoms with van der Waals surface area (Å²) >= 11 is 3.48. The van der Waals surface area contributed by atoms with E-state index in [0.717, 1.165) is 23.1 Å². The zero-order chi connectivity index (χ0) is 11.5. The molecule has 1 aromatic rings. The molecule has 2 atom stereocenters. The fourth-order valence-electron chi connectivity index (χ4n) is 2.59. The van der Waals surface area contributed by atoms with Crippen LogP contribution in [0.4, 0.5) is 0 Å². The van der Waals surface area contributed by atoms with Gasteiger partial charge in [0.05, 0.1) is 0 Å². The van der Waals surface area contributed by atoms with Gasteiger partial charge in [-0.3, -0.25) is 4.90 Å². The molecule has 0 saturated carbocycles. The highest BCUT2D eigenvalue weighted by atomic mass is 79.9. The van der Waals surface area contributed by atoms with Crippen LogP contribution in [0.2, 0.25) is 0 Å². The van der Waals surface area contributed by atoms with E-state index in [4.69, 9.17) is 0 Å². The van der Waals surface area contributed by atoms with Gasteiger partial charge in [0, 0.05) is 23.1 Å². The molecule has 2 unspecified atom stereocenters. The third-order valence-electron chi connectivity index (χ3n) is 3.65. The quantitative estimate of drug-likeness (QED) is 0.785. The molecule has 1 heterocycles. The Morgan fingerprint density at radius 2 is 1.69 bits per heavy atom. The summed E-state index contributed by atoms with van der Waals surface area (Å²) in [5.74, 6) is 0. The molecule has 0 amide bonds. The molecule has 2 rings (SSSR count). The minimum atomic E-state index is 0.729. The predicted octanol–water partition coefficient (Wildman–Crippen LogP) is 4.21. The summed E-state index contributed by atoms with van der Waals surface area (Å²) in [6.07, 6.45) is 4.08. The Balaban J connectivity index is 2.04. The molecule has 0 radical (unpaired) electrons. The minimum Gasteiger partial charge on any atom is -0.294 e. The first kappa shape index (κ1) is 12.1. The summed E-state index contributed by atoms with van der Waals surface area (Å²) in [5, 5.41) is 0. The van der Waals surface area contributed by atoms with Crippen molar-refractivity contribution in [2.24, 2.45) is 0 Å². The van der Waals surface area contributed by atoms with Gasteiger partial charge in [-0.1, -0.05) is 34.5 Å². The second-order valence-electron chi connectivity index (χ2n) is 4.93. The molecule has 1 nitrogen and oxygen atoms in total. The Morgan fingerprint density at radius 3 is 2.25 bits per heavy atom. The number of halogens is 1. The first-order valence-corrected chi connectivity index (χ1v) is 6.96. The summed E-state index contributed by atoms with van der Waals surface area (Å²) < 4.78 is 1.16. The lowest BCUT2D eigenvalue weighted by atomic mass is 9.97. The zero-order valence-electron chi connectivity index (χ0n) is 10.1. The molecule has 0 aliphatic carbocycles. The normalized spacial score (nSPS) is 26.9. The molecule has 16 heavy (non-hydrogen) atoms. The average molecular weight is 282 g/mol. The third-order valence-corrected chi connectivity index (χ3v) is 4.18. The third kappa shape index (κ3) is 2.86. The van der Waals surface area contributed by atoms with Crippen LogP contribution in [0.3, 0.4) is 0 Å². The van der Waals surface area contributed by atoms with Gasteiger partial charge >= 0.3 is 0 Å². The summed E-state index contributed by atoms with van der Waals surface area (Å²) in [7, 11) is 0. The maximum atomic E-state index is 3.48. The summed E-state index contributed by atoms with van der Waals surface area (Å²) in [5.41, 5.74) is 1.42. The van der Waals surface area contributed by atoms with E-state index in [1.54, 1.807) is 0 Å². The first-order chi connectivity index (χ1) is 7.66. The molecule has 1 saturated heterocycles. The standard InChI is InChI=1S/C14H20BrN/c1-11-4-3-5-12(2)16(11)10-13-6-8-14(15)9-7-13/h6-9,11-12H,3-5,10H2,1-2H3. The van der Waals surface area contributed by atoms with E-state index >= 15 is 0 Å². The van der Waals surface area contributed by atoms with E-state index in [0.29, 0.717) is 0 Å². The summed E-state index contributed by atoms with van der Waals surface area (Å²) in [6, 6.07) is 10.2. The molecule has 1 aliphatic rings. The second-order valence-corrected chi connectivity index (χ2v) is 5.84. The molecule has 2 heteroatoms. The van der Waals surface area contributed by atoms with Gasteiger partial charge in [-0.05, 0) is 44.4 Å². The van der Waals surface area contributed by atoms with Crippen molar-refractivity contribution in [3.05, 3.63) is 34.3 Å². The van der Waals surface area contributed by atoms with Crippen LogP contribution in [0, 0.1) is 0 Å². The number of piperidine rings is 1. The SMILES string of the molecule is CC1CCCC(C)N1Cc1ccc(Br)cc1. The van der Waals surface area contributed by atoms with Crippen LogP contribution in [-0.4, -0.2) is 17.0 Å². The van der Waals surface area contributed by atoms with Crippen molar-refractivity contribution in [1.82, 2.24) is 4.90 Å². The summed E-state index contributed by atoms with van der Waals surface area (Å²) in [6.45, 7) is 5.80.